The molecule has 4 rings (SSSR count). The Morgan fingerprint density at radius 2 is 1.81 bits per heavy atom. The minimum absolute atomic E-state index is 0.103. The number of urea groups is 1. The van der Waals surface area contributed by atoms with E-state index in [9.17, 15) is 9.90 Å². The van der Waals surface area contributed by atoms with Crippen molar-refractivity contribution in [3.05, 3.63) is 60.2 Å². The highest BCUT2D eigenvalue weighted by molar-refractivity contribution is 5.89. The summed E-state index contributed by atoms with van der Waals surface area (Å²) in [6, 6.07) is 17.3. The zero-order valence-corrected chi connectivity index (χ0v) is 14.7. The van der Waals surface area contributed by atoms with Crippen molar-refractivity contribution in [2.24, 2.45) is 11.8 Å². The minimum atomic E-state index is -0.242. The van der Waals surface area contributed by atoms with Crippen LogP contribution in [0.4, 0.5) is 10.5 Å². The molecule has 0 aromatic heterocycles. The number of nitrogens with one attached hydrogen (secondary N) is 1. The van der Waals surface area contributed by atoms with Crippen molar-refractivity contribution in [3.8, 4) is 5.75 Å². The van der Waals surface area contributed by atoms with Crippen LogP contribution in [0.1, 0.15) is 18.4 Å². The van der Waals surface area contributed by atoms with Gasteiger partial charge in [-0.3, -0.25) is 0 Å². The number of ether oxygens (including phenoxy) is 1. The molecule has 0 spiro atoms. The number of amides is 2. The van der Waals surface area contributed by atoms with E-state index in [-0.39, 0.29) is 24.0 Å². The Labute approximate surface area is 153 Å². The number of aliphatic hydroxyl groups excluding tert-OH is 1. The third-order valence-corrected chi connectivity index (χ3v) is 5.40. The summed E-state index contributed by atoms with van der Waals surface area (Å²) in [6.07, 6.45) is 1.78. The number of nitrogens with zero attached hydrogens (tertiary/aromatic N) is 1. The molecule has 1 saturated carbocycles. The molecule has 2 amide bonds. The molecule has 1 saturated heterocycles. The standard InChI is InChI=1S/C21H24N2O3/c24-20-16-9-10-17(20)13-23(12-16)21(25)22-18-7-4-8-19(11-18)26-14-15-5-2-1-3-6-15/h1-8,11,16-17,20,24H,9-10,12-14H2,(H,22,25)/t16-,17+,20?. The SMILES string of the molecule is O=C(Nc1cccc(OCc2ccccc2)c1)N1C[C@H]2CC[C@@H](C1)C2O. The van der Waals surface area contributed by atoms with Gasteiger partial charge in [-0.25, -0.2) is 4.79 Å². The van der Waals surface area contributed by atoms with Gasteiger partial charge in [-0.15, -0.1) is 0 Å². The van der Waals surface area contributed by atoms with Crippen molar-refractivity contribution in [2.45, 2.75) is 25.6 Å². The van der Waals surface area contributed by atoms with Crippen molar-refractivity contribution in [3.63, 3.8) is 0 Å². The first kappa shape index (κ1) is 16.9. The van der Waals surface area contributed by atoms with E-state index in [0.717, 1.165) is 29.8 Å². The van der Waals surface area contributed by atoms with Gasteiger partial charge < -0.3 is 20.1 Å². The maximum Gasteiger partial charge on any atom is 0.321 e. The van der Waals surface area contributed by atoms with Gasteiger partial charge in [0.1, 0.15) is 12.4 Å². The number of anilines is 1. The molecule has 1 aliphatic carbocycles. The van der Waals surface area contributed by atoms with E-state index in [4.69, 9.17) is 4.74 Å². The predicted octanol–water partition coefficient (Wildman–Crippen LogP) is 3.50. The quantitative estimate of drug-likeness (QED) is 0.885. The van der Waals surface area contributed by atoms with Gasteiger partial charge in [-0.2, -0.15) is 0 Å². The van der Waals surface area contributed by atoms with Crippen molar-refractivity contribution in [1.82, 2.24) is 4.90 Å². The maximum atomic E-state index is 12.6. The molecule has 26 heavy (non-hydrogen) atoms. The molecule has 3 atom stereocenters. The Bertz CT molecular complexity index is 751. The zero-order chi connectivity index (χ0) is 17.9. The molecule has 136 valence electrons. The number of hydrogen-bond acceptors (Lipinski definition) is 3. The third-order valence-electron chi connectivity index (χ3n) is 5.40. The van der Waals surface area contributed by atoms with Crippen LogP contribution in [0.5, 0.6) is 5.75 Å². The van der Waals surface area contributed by atoms with Crippen LogP contribution in [0.2, 0.25) is 0 Å². The maximum absolute atomic E-state index is 12.6. The van der Waals surface area contributed by atoms with Crippen LogP contribution < -0.4 is 10.1 Å². The molecular formula is C21H24N2O3. The molecule has 5 heteroatoms. The van der Waals surface area contributed by atoms with E-state index in [2.05, 4.69) is 5.32 Å². The number of benzene rings is 2. The van der Waals surface area contributed by atoms with Crippen LogP contribution in [-0.2, 0) is 6.61 Å². The molecule has 2 aromatic carbocycles. The number of piperidine rings is 1. The lowest BCUT2D eigenvalue weighted by molar-refractivity contribution is 0.0326. The summed E-state index contributed by atoms with van der Waals surface area (Å²) in [4.78, 5) is 14.4. The molecule has 1 heterocycles. The number of fused-ring (bicyclic) bond motifs is 2. The Morgan fingerprint density at radius 1 is 1.08 bits per heavy atom. The fourth-order valence-electron chi connectivity index (χ4n) is 3.97. The van der Waals surface area contributed by atoms with Gasteiger partial charge in [0.25, 0.3) is 0 Å². The highest BCUT2D eigenvalue weighted by atomic mass is 16.5. The van der Waals surface area contributed by atoms with Crippen LogP contribution in [0.3, 0.4) is 0 Å². The Hall–Kier alpha value is -2.53. The second-order valence-electron chi connectivity index (χ2n) is 7.23. The van der Waals surface area contributed by atoms with Gasteiger partial charge in [0.2, 0.25) is 0 Å². The van der Waals surface area contributed by atoms with E-state index >= 15 is 0 Å². The topological polar surface area (TPSA) is 61.8 Å². The van der Waals surface area contributed by atoms with Crippen LogP contribution in [0.25, 0.3) is 0 Å². The molecular weight excluding hydrogens is 328 g/mol. The molecule has 0 radical (unpaired) electrons. The van der Waals surface area contributed by atoms with E-state index in [0.29, 0.717) is 19.7 Å². The van der Waals surface area contributed by atoms with Gasteiger partial charge >= 0.3 is 6.03 Å². The fourth-order valence-corrected chi connectivity index (χ4v) is 3.97. The van der Waals surface area contributed by atoms with Crippen LogP contribution >= 0.6 is 0 Å². The lowest BCUT2D eigenvalue weighted by Crippen LogP contribution is -2.48. The smallest absolute Gasteiger partial charge is 0.321 e. The van der Waals surface area contributed by atoms with Crippen LogP contribution in [0, 0.1) is 11.8 Å². The average molecular weight is 352 g/mol. The molecule has 2 fully saturated rings. The first-order valence-corrected chi connectivity index (χ1v) is 9.20. The molecule has 2 aliphatic rings. The van der Waals surface area contributed by atoms with Crippen molar-refractivity contribution in [2.75, 3.05) is 18.4 Å². The minimum Gasteiger partial charge on any atom is -0.489 e. The second kappa shape index (κ2) is 7.38. The van der Waals surface area contributed by atoms with Crippen LogP contribution in [-0.4, -0.2) is 35.2 Å². The monoisotopic (exact) mass is 352 g/mol. The van der Waals surface area contributed by atoms with Crippen molar-refractivity contribution < 1.29 is 14.6 Å². The summed E-state index contributed by atoms with van der Waals surface area (Å²) in [5.74, 6) is 1.17. The summed E-state index contributed by atoms with van der Waals surface area (Å²) in [7, 11) is 0. The summed E-state index contributed by atoms with van der Waals surface area (Å²) < 4.78 is 5.82. The average Bonchev–Trinajstić information content (AvgIpc) is 2.87. The highest BCUT2D eigenvalue weighted by Gasteiger charge is 2.42. The second-order valence-corrected chi connectivity index (χ2v) is 7.23. The Morgan fingerprint density at radius 3 is 2.54 bits per heavy atom. The normalized spacial score (nSPS) is 24.3. The van der Waals surface area contributed by atoms with Gasteiger partial charge in [-0.05, 0) is 30.5 Å². The molecule has 2 aromatic rings. The van der Waals surface area contributed by atoms with E-state index in [1.807, 2.05) is 59.5 Å². The number of aliphatic hydroxyl groups is 1. The first-order valence-electron chi connectivity index (χ1n) is 9.20. The lowest BCUT2D eigenvalue weighted by Gasteiger charge is -2.35. The van der Waals surface area contributed by atoms with Gasteiger partial charge in [-0.1, -0.05) is 36.4 Å². The number of hydrogen-bond donors (Lipinski definition) is 2. The molecule has 2 bridgehead atoms. The fraction of sp³-hybridized carbons (Fsp3) is 0.381. The van der Waals surface area contributed by atoms with E-state index in [1.54, 1.807) is 0 Å². The number of likely N-dealkylation sites (tertiary alicyclic amines) is 1. The van der Waals surface area contributed by atoms with E-state index in [1.165, 1.54) is 0 Å². The summed E-state index contributed by atoms with van der Waals surface area (Å²) in [5.41, 5.74) is 1.82. The largest absolute Gasteiger partial charge is 0.489 e. The molecule has 1 unspecified atom stereocenters. The zero-order valence-electron chi connectivity index (χ0n) is 14.7. The first-order chi connectivity index (χ1) is 12.7. The van der Waals surface area contributed by atoms with Crippen molar-refractivity contribution in [1.29, 1.82) is 0 Å². The summed E-state index contributed by atoms with van der Waals surface area (Å²) in [6.45, 7) is 1.76. The van der Waals surface area contributed by atoms with E-state index < -0.39 is 0 Å². The Balaban J connectivity index is 1.35. The van der Waals surface area contributed by atoms with Gasteiger partial charge in [0.05, 0.1) is 6.10 Å². The third kappa shape index (κ3) is 3.68. The number of carbonyl (C=O) groups excluding carboxylic acids is 1. The number of rotatable bonds is 4. The Kier molecular flexibility index (Phi) is 4.80. The molecule has 1 aliphatic heterocycles. The number of carbonyl (C=O) groups is 1. The highest BCUT2D eigenvalue weighted by Crippen LogP contribution is 2.37. The van der Waals surface area contributed by atoms with Gasteiger partial charge in [0.15, 0.2) is 0 Å². The molecule has 2 N–H and O–H groups in total. The summed E-state index contributed by atoms with van der Waals surface area (Å²) >= 11 is 0. The van der Waals surface area contributed by atoms with Crippen LogP contribution in [0.15, 0.2) is 54.6 Å². The predicted molar refractivity (Wildman–Crippen MR) is 100 cm³/mol. The van der Waals surface area contributed by atoms with Crippen molar-refractivity contribution >= 4 is 11.7 Å². The molecule has 5 nitrogen and oxygen atoms in total. The summed E-state index contributed by atoms with van der Waals surface area (Å²) in [5, 5.41) is 13.1. The lowest BCUT2D eigenvalue weighted by atomic mass is 9.95. The van der Waals surface area contributed by atoms with Gasteiger partial charge in [0, 0.05) is 36.7 Å².